The van der Waals surface area contributed by atoms with Crippen LogP contribution in [0.3, 0.4) is 0 Å². The SMILES string of the molecule is CCOC(=O)c1cc(-c2ccc(N(C)C)cc2)[nH]c1-c1ccccc1. The number of hydrogen-bond acceptors (Lipinski definition) is 3. The fraction of sp³-hybridized carbons (Fsp3) is 0.190. The second kappa shape index (κ2) is 7.26. The molecule has 0 saturated heterocycles. The van der Waals surface area contributed by atoms with Crippen LogP contribution in [0.2, 0.25) is 0 Å². The Labute approximate surface area is 148 Å². The maximum Gasteiger partial charge on any atom is 0.340 e. The monoisotopic (exact) mass is 334 g/mol. The van der Waals surface area contributed by atoms with Gasteiger partial charge in [-0.25, -0.2) is 4.79 Å². The summed E-state index contributed by atoms with van der Waals surface area (Å²) >= 11 is 0. The molecule has 0 aliphatic rings. The van der Waals surface area contributed by atoms with Gasteiger partial charge in [0.15, 0.2) is 0 Å². The van der Waals surface area contributed by atoms with Gasteiger partial charge >= 0.3 is 5.97 Å². The highest BCUT2D eigenvalue weighted by atomic mass is 16.5. The number of anilines is 1. The topological polar surface area (TPSA) is 45.3 Å². The molecule has 0 aliphatic carbocycles. The predicted molar refractivity (Wildman–Crippen MR) is 102 cm³/mol. The number of carbonyl (C=O) groups is 1. The standard InChI is InChI=1S/C21H22N2O2/c1-4-25-21(24)18-14-19(15-10-12-17(13-11-15)23(2)3)22-20(18)16-8-6-5-7-9-16/h5-14,22H,4H2,1-3H3. The summed E-state index contributed by atoms with van der Waals surface area (Å²) < 4.78 is 5.22. The number of nitrogens with one attached hydrogen (secondary N) is 1. The van der Waals surface area contributed by atoms with E-state index in [1.165, 1.54) is 0 Å². The van der Waals surface area contributed by atoms with Gasteiger partial charge < -0.3 is 14.6 Å². The van der Waals surface area contributed by atoms with Crippen molar-refractivity contribution in [3.05, 3.63) is 66.2 Å². The third kappa shape index (κ3) is 3.58. The van der Waals surface area contributed by atoms with E-state index in [0.29, 0.717) is 12.2 Å². The molecular weight excluding hydrogens is 312 g/mol. The third-order valence-electron chi connectivity index (χ3n) is 4.07. The van der Waals surface area contributed by atoms with Crippen LogP contribution >= 0.6 is 0 Å². The molecule has 128 valence electrons. The zero-order valence-corrected chi connectivity index (χ0v) is 14.7. The highest BCUT2D eigenvalue weighted by molar-refractivity contribution is 5.98. The van der Waals surface area contributed by atoms with E-state index in [-0.39, 0.29) is 5.97 Å². The Bertz CT molecular complexity index is 849. The fourth-order valence-electron chi connectivity index (χ4n) is 2.75. The molecule has 0 spiro atoms. The molecule has 0 bridgehead atoms. The van der Waals surface area contributed by atoms with Crippen molar-refractivity contribution in [1.82, 2.24) is 4.98 Å². The molecule has 2 aromatic carbocycles. The average Bonchev–Trinajstić information content (AvgIpc) is 3.08. The molecular formula is C21H22N2O2. The molecule has 0 radical (unpaired) electrons. The average molecular weight is 334 g/mol. The van der Waals surface area contributed by atoms with Crippen molar-refractivity contribution in [1.29, 1.82) is 0 Å². The molecule has 3 rings (SSSR count). The normalized spacial score (nSPS) is 10.5. The highest BCUT2D eigenvalue weighted by Gasteiger charge is 2.18. The number of benzene rings is 2. The van der Waals surface area contributed by atoms with Gasteiger partial charge in [-0.1, -0.05) is 42.5 Å². The lowest BCUT2D eigenvalue weighted by molar-refractivity contribution is 0.0527. The van der Waals surface area contributed by atoms with Gasteiger partial charge in [-0.15, -0.1) is 0 Å². The van der Waals surface area contributed by atoms with Gasteiger partial charge in [0.1, 0.15) is 0 Å². The van der Waals surface area contributed by atoms with Gasteiger partial charge in [0.05, 0.1) is 17.9 Å². The van der Waals surface area contributed by atoms with Gasteiger partial charge in [-0.3, -0.25) is 0 Å². The van der Waals surface area contributed by atoms with E-state index in [4.69, 9.17) is 4.74 Å². The second-order valence-corrected chi connectivity index (χ2v) is 6.00. The molecule has 0 atom stereocenters. The van der Waals surface area contributed by atoms with Crippen molar-refractivity contribution < 1.29 is 9.53 Å². The smallest absolute Gasteiger partial charge is 0.340 e. The maximum atomic E-state index is 12.4. The summed E-state index contributed by atoms with van der Waals surface area (Å²) in [5.74, 6) is -0.311. The number of esters is 1. The Hall–Kier alpha value is -3.01. The van der Waals surface area contributed by atoms with E-state index >= 15 is 0 Å². The molecule has 0 fully saturated rings. The zero-order valence-electron chi connectivity index (χ0n) is 14.7. The lowest BCUT2D eigenvalue weighted by Crippen LogP contribution is -2.07. The molecule has 0 aliphatic heterocycles. The van der Waals surface area contributed by atoms with Crippen molar-refractivity contribution in [2.75, 3.05) is 25.6 Å². The van der Waals surface area contributed by atoms with E-state index in [1.807, 2.05) is 69.6 Å². The molecule has 1 N–H and O–H groups in total. The molecule has 25 heavy (non-hydrogen) atoms. The number of hydrogen-bond donors (Lipinski definition) is 1. The summed E-state index contributed by atoms with van der Waals surface area (Å²) in [6.07, 6.45) is 0. The molecule has 0 saturated carbocycles. The Balaban J connectivity index is 2.05. The maximum absolute atomic E-state index is 12.4. The summed E-state index contributed by atoms with van der Waals surface area (Å²) in [7, 11) is 4.02. The first kappa shape index (κ1) is 16.8. The van der Waals surface area contributed by atoms with Gasteiger partial charge in [-0.2, -0.15) is 0 Å². The molecule has 1 heterocycles. The first-order valence-electron chi connectivity index (χ1n) is 8.33. The molecule has 3 aromatic rings. The first-order valence-corrected chi connectivity index (χ1v) is 8.33. The third-order valence-corrected chi connectivity index (χ3v) is 4.07. The quantitative estimate of drug-likeness (QED) is 0.694. The van der Waals surface area contributed by atoms with Crippen LogP contribution in [-0.2, 0) is 4.74 Å². The molecule has 1 aromatic heterocycles. The first-order chi connectivity index (χ1) is 12.1. The number of ether oxygens (including phenoxy) is 1. The minimum absolute atomic E-state index is 0.311. The Morgan fingerprint density at radius 3 is 2.28 bits per heavy atom. The Morgan fingerprint density at radius 2 is 1.68 bits per heavy atom. The van der Waals surface area contributed by atoms with Crippen molar-refractivity contribution in [2.45, 2.75) is 6.92 Å². The number of rotatable bonds is 5. The van der Waals surface area contributed by atoms with Crippen LogP contribution in [0.1, 0.15) is 17.3 Å². The summed E-state index contributed by atoms with van der Waals surface area (Å²) in [6, 6.07) is 19.9. The van der Waals surface area contributed by atoms with Crippen LogP contribution in [-0.4, -0.2) is 31.7 Å². The Kier molecular flexibility index (Phi) is 4.89. The van der Waals surface area contributed by atoms with E-state index in [0.717, 1.165) is 28.2 Å². The number of aromatic nitrogens is 1. The summed E-state index contributed by atoms with van der Waals surface area (Å²) in [6.45, 7) is 2.17. The Morgan fingerprint density at radius 1 is 1.00 bits per heavy atom. The summed E-state index contributed by atoms with van der Waals surface area (Å²) in [5.41, 5.74) is 5.35. The largest absolute Gasteiger partial charge is 0.462 e. The lowest BCUT2D eigenvalue weighted by Gasteiger charge is -2.12. The van der Waals surface area contributed by atoms with Gasteiger partial charge in [0.2, 0.25) is 0 Å². The zero-order chi connectivity index (χ0) is 17.8. The van der Waals surface area contributed by atoms with Crippen LogP contribution < -0.4 is 4.90 Å². The van der Waals surface area contributed by atoms with Gasteiger partial charge in [0, 0.05) is 25.5 Å². The summed E-state index contributed by atoms with van der Waals surface area (Å²) in [5, 5.41) is 0. The van der Waals surface area contributed by atoms with Crippen molar-refractivity contribution in [3.63, 3.8) is 0 Å². The van der Waals surface area contributed by atoms with Crippen LogP contribution in [0.5, 0.6) is 0 Å². The number of aromatic amines is 1. The van der Waals surface area contributed by atoms with Crippen molar-refractivity contribution >= 4 is 11.7 Å². The van der Waals surface area contributed by atoms with Crippen molar-refractivity contribution in [2.24, 2.45) is 0 Å². The summed E-state index contributed by atoms with van der Waals surface area (Å²) in [4.78, 5) is 17.8. The van der Waals surface area contributed by atoms with Crippen LogP contribution in [0.25, 0.3) is 22.5 Å². The van der Waals surface area contributed by atoms with Gasteiger partial charge in [-0.05, 0) is 36.2 Å². The fourth-order valence-corrected chi connectivity index (χ4v) is 2.75. The minimum Gasteiger partial charge on any atom is -0.462 e. The van der Waals surface area contributed by atoms with E-state index in [2.05, 4.69) is 22.0 Å². The van der Waals surface area contributed by atoms with Crippen LogP contribution in [0.4, 0.5) is 5.69 Å². The molecule has 4 heteroatoms. The van der Waals surface area contributed by atoms with Crippen LogP contribution in [0.15, 0.2) is 60.7 Å². The number of H-pyrrole nitrogens is 1. The second-order valence-electron chi connectivity index (χ2n) is 6.00. The van der Waals surface area contributed by atoms with Crippen molar-refractivity contribution in [3.8, 4) is 22.5 Å². The van der Waals surface area contributed by atoms with E-state index < -0.39 is 0 Å². The molecule has 4 nitrogen and oxygen atoms in total. The lowest BCUT2D eigenvalue weighted by atomic mass is 10.1. The number of nitrogens with zero attached hydrogens (tertiary/aromatic N) is 1. The minimum atomic E-state index is -0.311. The molecule has 0 unspecified atom stereocenters. The number of carbonyl (C=O) groups excluding carboxylic acids is 1. The van der Waals surface area contributed by atoms with E-state index in [9.17, 15) is 4.79 Å². The van der Waals surface area contributed by atoms with E-state index in [1.54, 1.807) is 0 Å². The van der Waals surface area contributed by atoms with Gasteiger partial charge in [0.25, 0.3) is 0 Å². The highest BCUT2D eigenvalue weighted by Crippen LogP contribution is 2.30. The molecule has 0 amide bonds. The predicted octanol–water partition coefficient (Wildman–Crippen LogP) is 4.59. The van der Waals surface area contributed by atoms with Crippen LogP contribution in [0, 0.1) is 0 Å².